The van der Waals surface area contributed by atoms with Gasteiger partial charge in [0, 0.05) is 30.2 Å². The van der Waals surface area contributed by atoms with Crippen LogP contribution in [0, 0.1) is 0 Å². The van der Waals surface area contributed by atoms with Gasteiger partial charge in [-0.25, -0.2) is 0 Å². The Labute approximate surface area is 96.5 Å². The van der Waals surface area contributed by atoms with Crippen molar-refractivity contribution in [3.8, 4) is 0 Å². The van der Waals surface area contributed by atoms with Gasteiger partial charge >= 0.3 is 0 Å². The summed E-state index contributed by atoms with van der Waals surface area (Å²) in [5, 5.41) is 1.28. The molecule has 0 unspecified atom stereocenters. The van der Waals surface area contributed by atoms with E-state index in [0.29, 0.717) is 0 Å². The standard InChI is InChI=1S/C12H16N2.ClH/c1-3-11(13)10-8-14(2)12-7-5-4-6-9(10)12;/h4-8,11H,3,13H2,1-2H3;1H/t11-;/m1./s1. The van der Waals surface area contributed by atoms with Crippen molar-refractivity contribution in [3.63, 3.8) is 0 Å². The lowest BCUT2D eigenvalue weighted by Gasteiger charge is -2.06. The number of hydrogen-bond acceptors (Lipinski definition) is 1. The Balaban J connectivity index is 0.00000112. The van der Waals surface area contributed by atoms with E-state index in [2.05, 4.69) is 49.0 Å². The molecule has 0 aliphatic heterocycles. The highest BCUT2D eigenvalue weighted by Crippen LogP contribution is 2.25. The molecule has 3 heteroatoms. The highest BCUT2D eigenvalue weighted by Gasteiger charge is 2.10. The van der Waals surface area contributed by atoms with Crippen LogP contribution < -0.4 is 5.73 Å². The van der Waals surface area contributed by atoms with Gasteiger partial charge in [0.25, 0.3) is 0 Å². The number of para-hydroxylation sites is 1. The Bertz CT molecular complexity index is 448. The molecule has 1 atom stereocenters. The molecule has 2 aromatic rings. The first-order valence-corrected chi connectivity index (χ1v) is 5.03. The van der Waals surface area contributed by atoms with E-state index in [4.69, 9.17) is 5.73 Å². The van der Waals surface area contributed by atoms with Crippen LogP contribution in [-0.4, -0.2) is 4.57 Å². The number of fused-ring (bicyclic) bond motifs is 1. The predicted octanol–water partition coefficient (Wildman–Crippen LogP) is 3.01. The third-order valence-electron chi connectivity index (χ3n) is 2.77. The Hall–Kier alpha value is -0.990. The molecule has 0 saturated heterocycles. The van der Waals surface area contributed by atoms with E-state index in [1.807, 2.05) is 0 Å². The second-order valence-electron chi connectivity index (χ2n) is 3.73. The van der Waals surface area contributed by atoms with Crippen molar-refractivity contribution in [1.82, 2.24) is 4.57 Å². The minimum atomic E-state index is 0. The number of hydrogen-bond donors (Lipinski definition) is 1. The van der Waals surface area contributed by atoms with Gasteiger partial charge in [-0.05, 0) is 18.1 Å². The quantitative estimate of drug-likeness (QED) is 0.836. The van der Waals surface area contributed by atoms with E-state index in [-0.39, 0.29) is 18.4 Å². The van der Waals surface area contributed by atoms with E-state index in [0.717, 1.165) is 6.42 Å². The maximum Gasteiger partial charge on any atom is 0.0481 e. The molecule has 2 rings (SSSR count). The number of nitrogens with two attached hydrogens (primary N) is 1. The molecule has 0 aliphatic rings. The van der Waals surface area contributed by atoms with Crippen molar-refractivity contribution in [2.45, 2.75) is 19.4 Å². The van der Waals surface area contributed by atoms with E-state index in [9.17, 15) is 0 Å². The summed E-state index contributed by atoms with van der Waals surface area (Å²) in [6.07, 6.45) is 3.12. The van der Waals surface area contributed by atoms with Crippen molar-refractivity contribution < 1.29 is 0 Å². The molecule has 0 spiro atoms. The summed E-state index contributed by atoms with van der Waals surface area (Å²) in [6, 6.07) is 8.54. The molecule has 1 aromatic heterocycles. The smallest absolute Gasteiger partial charge is 0.0481 e. The monoisotopic (exact) mass is 224 g/mol. The van der Waals surface area contributed by atoms with Crippen LogP contribution in [0.3, 0.4) is 0 Å². The van der Waals surface area contributed by atoms with Crippen LogP contribution in [0.15, 0.2) is 30.5 Å². The minimum absolute atomic E-state index is 0. The van der Waals surface area contributed by atoms with E-state index in [1.165, 1.54) is 16.5 Å². The van der Waals surface area contributed by atoms with Gasteiger partial charge in [0.2, 0.25) is 0 Å². The molecule has 15 heavy (non-hydrogen) atoms. The molecule has 2 N–H and O–H groups in total. The lowest BCUT2D eigenvalue weighted by atomic mass is 10.1. The van der Waals surface area contributed by atoms with Gasteiger partial charge in [0.1, 0.15) is 0 Å². The fraction of sp³-hybridized carbons (Fsp3) is 0.333. The third-order valence-corrected chi connectivity index (χ3v) is 2.77. The second kappa shape index (κ2) is 4.69. The summed E-state index contributed by atoms with van der Waals surface area (Å²) in [7, 11) is 2.06. The first kappa shape index (κ1) is 12.1. The molecule has 2 nitrogen and oxygen atoms in total. The maximum absolute atomic E-state index is 6.06. The molecule has 0 fully saturated rings. The summed E-state index contributed by atoms with van der Waals surface area (Å²) in [6.45, 7) is 2.12. The first-order valence-electron chi connectivity index (χ1n) is 5.03. The highest BCUT2D eigenvalue weighted by atomic mass is 35.5. The van der Waals surface area contributed by atoms with Gasteiger partial charge in [-0.3, -0.25) is 0 Å². The van der Waals surface area contributed by atoms with Crippen LogP contribution in [0.1, 0.15) is 24.9 Å². The van der Waals surface area contributed by atoms with Gasteiger partial charge in [-0.15, -0.1) is 12.4 Å². The van der Waals surface area contributed by atoms with E-state index >= 15 is 0 Å². The molecule has 0 radical (unpaired) electrons. The van der Waals surface area contributed by atoms with Gasteiger partial charge < -0.3 is 10.3 Å². The van der Waals surface area contributed by atoms with Crippen LogP contribution in [0.5, 0.6) is 0 Å². The van der Waals surface area contributed by atoms with E-state index < -0.39 is 0 Å². The van der Waals surface area contributed by atoms with Gasteiger partial charge in [-0.2, -0.15) is 0 Å². The minimum Gasteiger partial charge on any atom is -0.350 e. The van der Waals surface area contributed by atoms with Crippen LogP contribution >= 0.6 is 12.4 Å². The second-order valence-corrected chi connectivity index (χ2v) is 3.73. The summed E-state index contributed by atoms with van der Waals surface area (Å²) in [4.78, 5) is 0. The molecule has 0 bridgehead atoms. The Morgan fingerprint density at radius 1 is 1.33 bits per heavy atom. The van der Waals surface area contributed by atoms with Gasteiger partial charge in [0.15, 0.2) is 0 Å². The van der Waals surface area contributed by atoms with Crippen molar-refractivity contribution >= 4 is 23.3 Å². The number of halogens is 1. The van der Waals surface area contributed by atoms with Crippen LogP contribution in [0.4, 0.5) is 0 Å². The zero-order valence-corrected chi connectivity index (χ0v) is 9.92. The molecular formula is C12H17ClN2. The van der Waals surface area contributed by atoms with Gasteiger partial charge in [0.05, 0.1) is 0 Å². The maximum atomic E-state index is 6.06. The largest absolute Gasteiger partial charge is 0.350 e. The summed E-state index contributed by atoms with van der Waals surface area (Å²) < 4.78 is 2.14. The number of rotatable bonds is 2. The zero-order chi connectivity index (χ0) is 10.1. The molecule has 0 amide bonds. The van der Waals surface area contributed by atoms with Crippen LogP contribution in [0.25, 0.3) is 10.9 Å². The molecule has 1 aromatic carbocycles. The predicted molar refractivity (Wildman–Crippen MR) is 67.4 cm³/mol. The molecule has 1 heterocycles. The number of benzene rings is 1. The molecule has 82 valence electrons. The molecule has 0 aliphatic carbocycles. The number of aromatic nitrogens is 1. The summed E-state index contributed by atoms with van der Waals surface area (Å²) >= 11 is 0. The van der Waals surface area contributed by atoms with Crippen molar-refractivity contribution in [3.05, 3.63) is 36.0 Å². The molecule has 0 saturated carbocycles. The van der Waals surface area contributed by atoms with Crippen LogP contribution in [0.2, 0.25) is 0 Å². The summed E-state index contributed by atoms with van der Waals surface area (Å²) in [5.74, 6) is 0. The molecular weight excluding hydrogens is 208 g/mol. The van der Waals surface area contributed by atoms with Crippen molar-refractivity contribution in [2.75, 3.05) is 0 Å². The zero-order valence-electron chi connectivity index (χ0n) is 9.10. The highest BCUT2D eigenvalue weighted by molar-refractivity contribution is 5.85. The average molecular weight is 225 g/mol. The SMILES string of the molecule is CC[C@@H](N)c1cn(C)c2ccccc12.Cl. The lowest BCUT2D eigenvalue weighted by Crippen LogP contribution is -2.07. The first-order chi connectivity index (χ1) is 6.74. The fourth-order valence-corrected chi connectivity index (χ4v) is 1.89. The Morgan fingerprint density at radius 2 is 2.00 bits per heavy atom. The van der Waals surface area contributed by atoms with Crippen molar-refractivity contribution in [2.24, 2.45) is 12.8 Å². The Morgan fingerprint density at radius 3 is 2.67 bits per heavy atom. The normalized spacial score (nSPS) is 12.5. The number of nitrogens with zero attached hydrogens (tertiary/aromatic N) is 1. The average Bonchev–Trinajstić information content (AvgIpc) is 2.56. The Kier molecular flexibility index (Phi) is 3.77. The van der Waals surface area contributed by atoms with Crippen molar-refractivity contribution in [1.29, 1.82) is 0 Å². The lowest BCUT2D eigenvalue weighted by molar-refractivity contribution is 0.700. The fourth-order valence-electron chi connectivity index (χ4n) is 1.89. The number of aryl methyl sites for hydroxylation is 1. The van der Waals surface area contributed by atoms with E-state index in [1.54, 1.807) is 0 Å². The van der Waals surface area contributed by atoms with Gasteiger partial charge in [-0.1, -0.05) is 25.1 Å². The topological polar surface area (TPSA) is 30.9 Å². The summed E-state index contributed by atoms with van der Waals surface area (Å²) in [5.41, 5.74) is 8.57. The van der Waals surface area contributed by atoms with Crippen LogP contribution in [-0.2, 0) is 7.05 Å². The third kappa shape index (κ3) is 2.01.